The molecule has 0 unspecified atom stereocenters. The van der Waals surface area contributed by atoms with Crippen LogP contribution >= 0.6 is 11.6 Å². The lowest BCUT2D eigenvalue weighted by Crippen LogP contribution is -2.46. The summed E-state index contributed by atoms with van der Waals surface area (Å²) >= 11 is 6.30. The molecule has 1 aliphatic rings. The number of anilines is 2. The molecule has 4 nitrogen and oxygen atoms in total. The summed E-state index contributed by atoms with van der Waals surface area (Å²) in [6.07, 6.45) is 0. The lowest BCUT2D eigenvalue weighted by atomic mass is 10.1. The number of aryl methyl sites for hydroxylation is 1. The summed E-state index contributed by atoms with van der Waals surface area (Å²) in [5.41, 5.74) is 4.92. The minimum atomic E-state index is -0.0837. The summed E-state index contributed by atoms with van der Waals surface area (Å²) < 4.78 is 0. The van der Waals surface area contributed by atoms with Crippen LogP contribution in [0.2, 0.25) is 5.02 Å². The molecule has 4 rings (SSSR count). The van der Waals surface area contributed by atoms with E-state index in [1.165, 1.54) is 11.3 Å². The molecule has 1 aliphatic heterocycles. The van der Waals surface area contributed by atoms with E-state index in [1.54, 1.807) is 0 Å². The van der Waals surface area contributed by atoms with Gasteiger partial charge in [-0.05, 0) is 55.0 Å². The smallest absolute Gasteiger partial charge is 0.255 e. The maximum Gasteiger partial charge on any atom is 0.255 e. The molecule has 0 spiro atoms. The van der Waals surface area contributed by atoms with Gasteiger partial charge in [0.2, 0.25) is 0 Å². The van der Waals surface area contributed by atoms with Crippen molar-refractivity contribution in [2.45, 2.75) is 13.5 Å². The van der Waals surface area contributed by atoms with Gasteiger partial charge in [0.1, 0.15) is 0 Å². The van der Waals surface area contributed by atoms with E-state index >= 15 is 0 Å². The average Bonchev–Trinajstić information content (AvgIpc) is 2.76. The SMILES string of the molecule is Cc1cccc(C(=O)Nc2ccc(N3CCN(Cc4ccccc4Cl)CC3)cc2)c1. The number of carbonyl (C=O) groups is 1. The third-order valence-electron chi connectivity index (χ3n) is 5.49. The Morgan fingerprint density at radius 1 is 0.933 bits per heavy atom. The van der Waals surface area contributed by atoms with Gasteiger partial charge in [-0.3, -0.25) is 9.69 Å². The van der Waals surface area contributed by atoms with Crippen molar-refractivity contribution in [1.29, 1.82) is 0 Å². The van der Waals surface area contributed by atoms with Crippen LogP contribution in [-0.4, -0.2) is 37.0 Å². The minimum absolute atomic E-state index is 0.0837. The first-order valence-electron chi connectivity index (χ1n) is 10.3. The fourth-order valence-corrected chi connectivity index (χ4v) is 3.97. The molecule has 1 saturated heterocycles. The topological polar surface area (TPSA) is 35.6 Å². The highest BCUT2D eigenvalue weighted by molar-refractivity contribution is 6.31. The maximum atomic E-state index is 12.4. The lowest BCUT2D eigenvalue weighted by Gasteiger charge is -2.36. The largest absolute Gasteiger partial charge is 0.369 e. The average molecular weight is 420 g/mol. The first-order chi connectivity index (χ1) is 14.6. The predicted molar refractivity (Wildman–Crippen MR) is 125 cm³/mol. The van der Waals surface area contributed by atoms with Crippen molar-refractivity contribution in [2.75, 3.05) is 36.4 Å². The van der Waals surface area contributed by atoms with Crippen LogP contribution < -0.4 is 10.2 Å². The standard InChI is InChI=1S/C25H26ClN3O/c1-19-5-4-7-20(17-19)25(30)27-22-9-11-23(12-10-22)29-15-13-28(14-16-29)18-21-6-2-3-8-24(21)26/h2-12,17H,13-16,18H2,1H3,(H,27,30). The molecule has 0 bridgehead atoms. The molecule has 0 saturated carbocycles. The summed E-state index contributed by atoms with van der Waals surface area (Å²) in [6, 6.07) is 23.8. The molecule has 0 aromatic heterocycles. The fraction of sp³-hybridized carbons (Fsp3) is 0.240. The maximum absolute atomic E-state index is 12.4. The second kappa shape index (κ2) is 9.33. The van der Waals surface area contributed by atoms with Crippen molar-refractivity contribution in [1.82, 2.24) is 4.90 Å². The molecule has 1 N–H and O–H groups in total. The molecule has 0 radical (unpaired) electrons. The zero-order valence-corrected chi connectivity index (χ0v) is 17.9. The van der Waals surface area contributed by atoms with Crippen molar-refractivity contribution >= 4 is 28.9 Å². The summed E-state index contributed by atoms with van der Waals surface area (Å²) in [5.74, 6) is -0.0837. The highest BCUT2D eigenvalue weighted by Gasteiger charge is 2.18. The zero-order valence-electron chi connectivity index (χ0n) is 17.1. The van der Waals surface area contributed by atoms with Crippen molar-refractivity contribution in [3.63, 3.8) is 0 Å². The normalized spacial score (nSPS) is 14.5. The van der Waals surface area contributed by atoms with E-state index in [0.717, 1.165) is 49.0 Å². The quantitative estimate of drug-likeness (QED) is 0.615. The number of amides is 1. The van der Waals surface area contributed by atoms with Crippen LogP contribution in [0.5, 0.6) is 0 Å². The number of benzene rings is 3. The van der Waals surface area contributed by atoms with Gasteiger partial charge in [0.25, 0.3) is 5.91 Å². The summed E-state index contributed by atoms with van der Waals surface area (Å²) in [4.78, 5) is 17.2. The van der Waals surface area contributed by atoms with Crippen LogP contribution in [0.25, 0.3) is 0 Å². The highest BCUT2D eigenvalue weighted by atomic mass is 35.5. The van der Waals surface area contributed by atoms with E-state index in [1.807, 2.05) is 61.5 Å². The Bertz CT molecular complexity index is 1010. The number of hydrogen-bond acceptors (Lipinski definition) is 3. The van der Waals surface area contributed by atoms with Gasteiger partial charge in [-0.15, -0.1) is 0 Å². The molecule has 1 fully saturated rings. The number of hydrogen-bond donors (Lipinski definition) is 1. The van der Waals surface area contributed by atoms with Crippen LogP contribution in [0, 0.1) is 6.92 Å². The molecule has 5 heteroatoms. The zero-order chi connectivity index (χ0) is 20.9. The number of nitrogens with zero attached hydrogens (tertiary/aromatic N) is 2. The summed E-state index contributed by atoms with van der Waals surface area (Å²) in [7, 11) is 0. The van der Waals surface area contributed by atoms with E-state index < -0.39 is 0 Å². The highest BCUT2D eigenvalue weighted by Crippen LogP contribution is 2.22. The molecule has 3 aromatic carbocycles. The Hall–Kier alpha value is -2.82. The van der Waals surface area contributed by atoms with Crippen LogP contribution in [0.15, 0.2) is 72.8 Å². The second-order valence-electron chi connectivity index (χ2n) is 7.73. The van der Waals surface area contributed by atoms with Gasteiger partial charge in [0.05, 0.1) is 0 Å². The van der Waals surface area contributed by atoms with Gasteiger partial charge in [-0.2, -0.15) is 0 Å². The van der Waals surface area contributed by atoms with Gasteiger partial charge in [-0.25, -0.2) is 0 Å². The lowest BCUT2D eigenvalue weighted by molar-refractivity contribution is 0.102. The fourth-order valence-electron chi connectivity index (χ4n) is 3.78. The van der Waals surface area contributed by atoms with E-state index in [4.69, 9.17) is 11.6 Å². The molecule has 154 valence electrons. The van der Waals surface area contributed by atoms with Crippen molar-refractivity contribution in [3.8, 4) is 0 Å². The number of halogens is 1. The van der Waals surface area contributed by atoms with Crippen molar-refractivity contribution in [2.24, 2.45) is 0 Å². The Morgan fingerprint density at radius 3 is 2.37 bits per heavy atom. The molecule has 30 heavy (non-hydrogen) atoms. The van der Waals surface area contributed by atoms with Gasteiger partial charge >= 0.3 is 0 Å². The van der Waals surface area contributed by atoms with Gasteiger partial charge in [-0.1, -0.05) is 47.5 Å². The van der Waals surface area contributed by atoms with Gasteiger partial charge < -0.3 is 10.2 Å². The minimum Gasteiger partial charge on any atom is -0.369 e. The van der Waals surface area contributed by atoms with Gasteiger partial charge in [0.15, 0.2) is 0 Å². The second-order valence-corrected chi connectivity index (χ2v) is 8.13. The van der Waals surface area contributed by atoms with Crippen molar-refractivity contribution in [3.05, 3.63) is 94.5 Å². The van der Waals surface area contributed by atoms with E-state index in [-0.39, 0.29) is 5.91 Å². The van der Waals surface area contributed by atoms with Crippen LogP contribution in [0.3, 0.4) is 0 Å². The molecule has 0 atom stereocenters. The summed E-state index contributed by atoms with van der Waals surface area (Å²) in [5, 5.41) is 3.81. The Kier molecular flexibility index (Phi) is 6.36. The third kappa shape index (κ3) is 5.02. The third-order valence-corrected chi connectivity index (χ3v) is 5.86. The predicted octanol–water partition coefficient (Wildman–Crippen LogP) is 5.22. The number of carbonyl (C=O) groups excluding carboxylic acids is 1. The van der Waals surface area contributed by atoms with Crippen molar-refractivity contribution < 1.29 is 4.79 Å². The Balaban J connectivity index is 1.31. The Labute approximate surface area is 183 Å². The molecule has 1 heterocycles. The van der Waals surface area contributed by atoms with Crippen LogP contribution in [0.4, 0.5) is 11.4 Å². The van der Waals surface area contributed by atoms with Crippen LogP contribution in [0.1, 0.15) is 21.5 Å². The first kappa shape index (κ1) is 20.5. The molecular weight excluding hydrogens is 394 g/mol. The van der Waals surface area contributed by atoms with E-state index in [0.29, 0.717) is 5.56 Å². The molecule has 0 aliphatic carbocycles. The van der Waals surface area contributed by atoms with E-state index in [2.05, 4.69) is 33.3 Å². The van der Waals surface area contributed by atoms with E-state index in [9.17, 15) is 4.79 Å². The summed E-state index contributed by atoms with van der Waals surface area (Å²) in [6.45, 7) is 6.81. The molecule has 3 aromatic rings. The number of nitrogens with one attached hydrogen (secondary N) is 1. The number of piperazine rings is 1. The monoisotopic (exact) mass is 419 g/mol. The number of rotatable bonds is 5. The molecule has 1 amide bonds. The first-order valence-corrected chi connectivity index (χ1v) is 10.6. The van der Waals surface area contributed by atoms with Crippen LogP contribution in [-0.2, 0) is 6.54 Å². The molecular formula is C25H26ClN3O. The van der Waals surface area contributed by atoms with Gasteiger partial charge in [0, 0.05) is 54.7 Å². The Morgan fingerprint density at radius 2 is 1.67 bits per heavy atom.